The Balaban J connectivity index is 2.03. The molecule has 1 unspecified atom stereocenters. The van der Waals surface area contributed by atoms with Crippen LogP contribution in [0.1, 0.15) is 36.4 Å². The highest BCUT2D eigenvalue weighted by Crippen LogP contribution is 2.35. The number of fused-ring (bicyclic) bond motifs is 1. The van der Waals surface area contributed by atoms with Crippen LogP contribution in [-0.4, -0.2) is 18.1 Å². The van der Waals surface area contributed by atoms with Crippen LogP contribution in [0.15, 0.2) is 18.2 Å². The molecule has 0 saturated carbocycles. The van der Waals surface area contributed by atoms with Crippen LogP contribution >= 0.6 is 11.8 Å². The summed E-state index contributed by atoms with van der Waals surface area (Å²) in [6.07, 6.45) is 5.71. The Hall–Kier alpha value is -0.670. The number of aryl methyl sites for hydroxylation is 1. The fraction of sp³-hybridized carbons (Fsp3) is 0.571. The highest BCUT2D eigenvalue weighted by molar-refractivity contribution is 7.98. The lowest BCUT2D eigenvalue weighted by Crippen LogP contribution is -2.29. The molecule has 94 valence electrons. The SMILES string of the molecule is CSCCCC1C[C@H](N)c2cc(C)ccc2O1. The minimum absolute atomic E-state index is 0.137. The third kappa shape index (κ3) is 3.17. The van der Waals surface area contributed by atoms with Crippen LogP contribution in [0.25, 0.3) is 0 Å². The van der Waals surface area contributed by atoms with Gasteiger partial charge in [0.2, 0.25) is 0 Å². The van der Waals surface area contributed by atoms with Crippen molar-refractivity contribution in [2.45, 2.75) is 38.3 Å². The van der Waals surface area contributed by atoms with Crippen LogP contribution in [0.4, 0.5) is 0 Å². The molecular formula is C14H21NOS. The zero-order chi connectivity index (χ0) is 12.3. The molecule has 2 nitrogen and oxygen atoms in total. The Morgan fingerprint density at radius 1 is 1.47 bits per heavy atom. The lowest BCUT2D eigenvalue weighted by Gasteiger charge is -2.30. The highest BCUT2D eigenvalue weighted by atomic mass is 32.2. The minimum Gasteiger partial charge on any atom is -0.490 e. The van der Waals surface area contributed by atoms with E-state index in [2.05, 4.69) is 31.4 Å². The second-order valence-electron chi connectivity index (χ2n) is 4.76. The summed E-state index contributed by atoms with van der Waals surface area (Å²) in [6, 6.07) is 6.44. The molecule has 0 saturated heterocycles. The van der Waals surface area contributed by atoms with Crippen LogP contribution in [0.3, 0.4) is 0 Å². The molecule has 17 heavy (non-hydrogen) atoms. The highest BCUT2D eigenvalue weighted by Gasteiger charge is 2.25. The van der Waals surface area contributed by atoms with Crippen LogP contribution in [0, 0.1) is 6.92 Å². The molecule has 1 aliphatic heterocycles. The first-order valence-electron chi connectivity index (χ1n) is 6.22. The van der Waals surface area contributed by atoms with Crippen LogP contribution in [0.2, 0.25) is 0 Å². The Kier molecular flexibility index (Phi) is 4.35. The predicted octanol–water partition coefficient (Wildman–Crippen LogP) is 3.29. The third-order valence-electron chi connectivity index (χ3n) is 3.25. The van der Waals surface area contributed by atoms with Gasteiger partial charge in [-0.2, -0.15) is 11.8 Å². The Labute approximate surface area is 108 Å². The van der Waals surface area contributed by atoms with Crippen molar-refractivity contribution in [1.29, 1.82) is 0 Å². The van der Waals surface area contributed by atoms with Gasteiger partial charge in [-0.1, -0.05) is 17.7 Å². The molecule has 2 N–H and O–H groups in total. The fourth-order valence-electron chi connectivity index (χ4n) is 2.33. The summed E-state index contributed by atoms with van der Waals surface area (Å²) >= 11 is 1.89. The van der Waals surface area contributed by atoms with Crippen LogP contribution in [-0.2, 0) is 0 Å². The second kappa shape index (κ2) is 5.78. The standard InChI is InChI=1S/C14H21NOS/c1-10-5-6-14-12(8-10)13(15)9-11(16-14)4-3-7-17-2/h5-6,8,11,13H,3-4,7,9,15H2,1-2H3/t11?,13-/m0/s1. The van der Waals surface area contributed by atoms with E-state index in [9.17, 15) is 0 Å². The molecule has 1 aromatic rings. The Morgan fingerprint density at radius 2 is 2.29 bits per heavy atom. The molecule has 0 aliphatic carbocycles. The van der Waals surface area contributed by atoms with Gasteiger partial charge in [0, 0.05) is 18.0 Å². The number of thioether (sulfide) groups is 1. The molecule has 0 aromatic heterocycles. The monoisotopic (exact) mass is 251 g/mol. The van der Waals surface area contributed by atoms with Crippen molar-refractivity contribution in [3.63, 3.8) is 0 Å². The molecule has 0 spiro atoms. The first-order chi connectivity index (χ1) is 8.20. The van der Waals surface area contributed by atoms with E-state index in [0.717, 1.165) is 18.6 Å². The number of benzene rings is 1. The van der Waals surface area contributed by atoms with Crippen molar-refractivity contribution in [2.24, 2.45) is 5.73 Å². The number of hydrogen-bond donors (Lipinski definition) is 1. The normalized spacial score (nSPS) is 23.0. The maximum atomic E-state index is 6.22. The van der Waals surface area contributed by atoms with E-state index in [1.54, 1.807) is 0 Å². The van der Waals surface area contributed by atoms with Gasteiger partial charge in [0.15, 0.2) is 0 Å². The summed E-state index contributed by atoms with van der Waals surface area (Å²) in [4.78, 5) is 0. The van der Waals surface area contributed by atoms with Crippen molar-refractivity contribution >= 4 is 11.8 Å². The number of ether oxygens (including phenoxy) is 1. The predicted molar refractivity (Wildman–Crippen MR) is 74.8 cm³/mol. The van der Waals surface area contributed by atoms with E-state index in [-0.39, 0.29) is 6.04 Å². The van der Waals surface area contributed by atoms with Gasteiger partial charge in [0.25, 0.3) is 0 Å². The molecule has 2 atom stereocenters. The maximum absolute atomic E-state index is 6.22. The molecule has 3 heteroatoms. The lowest BCUT2D eigenvalue weighted by molar-refractivity contribution is 0.149. The average Bonchev–Trinajstić information content (AvgIpc) is 2.31. The number of rotatable bonds is 4. The van der Waals surface area contributed by atoms with E-state index in [4.69, 9.17) is 10.5 Å². The van der Waals surface area contributed by atoms with E-state index in [0.29, 0.717) is 6.10 Å². The van der Waals surface area contributed by atoms with Gasteiger partial charge >= 0.3 is 0 Å². The number of hydrogen-bond acceptors (Lipinski definition) is 3. The Bertz CT molecular complexity index is 380. The van der Waals surface area contributed by atoms with Crippen molar-refractivity contribution in [1.82, 2.24) is 0 Å². The minimum atomic E-state index is 0.137. The molecule has 1 aromatic carbocycles. The molecule has 2 rings (SSSR count). The third-order valence-corrected chi connectivity index (χ3v) is 3.95. The van der Waals surface area contributed by atoms with Gasteiger partial charge in [-0.25, -0.2) is 0 Å². The largest absolute Gasteiger partial charge is 0.490 e. The Morgan fingerprint density at radius 3 is 3.06 bits per heavy atom. The summed E-state index contributed by atoms with van der Waals surface area (Å²) in [5, 5.41) is 0. The molecule has 0 fully saturated rings. The summed E-state index contributed by atoms with van der Waals surface area (Å²) in [5.74, 6) is 2.19. The van der Waals surface area contributed by atoms with Crippen LogP contribution in [0.5, 0.6) is 5.75 Å². The molecule has 0 amide bonds. The van der Waals surface area contributed by atoms with Gasteiger partial charge in [0.1, 0.15) is 11.9 Å². The van der Waals surface area contributed by atoms with E-state index >= 15 is 0 Å². The van der Waals surface area contributed by atoms with Gasteiger partial charge in [0.05, 0.1) is 0 Å². The fourth-order valence-corrected chi connectivity index (χ4v) is 2.79. The summed E-state index contributed by atoms with van der Waals surface area (Å²) in [7, 11) is 0. The van der Waals surface area contributed by atoms with E-state index in [1.807, 2.05) is 11.8 Å². The quantitative estimate of drug-likeness (QED) is 0.834. The summed E-state index contributed by atoms with van der Waals surface area (Å²) in [6.45, 7) is 2.09. The van der Waals surface area contributed by atoms with Crippen molar-refractivity contribution in [3.8, 4) is 5.75 Å². The first-order valence-corrected chi connectivity index (χ1v) is 7.62. The van der Waals surface area contributed by atoms with Gasteiger partial charge in [-0.15, -0.1) is 0 Å². The molecular weight excluding hydrogens is 230 g/mol. The molecule has 1 heterocycles. The zero-order valence-electron chi connectivity index (χ0n) is 10.6. The zero-order valence-corrected chi connectivity index (χ0v) is 11.4. The second-order valence-corrected chi connectivity index (χ2v) is 5.74. The van der Waals surface area contributed by atoms with Gasteiger partial charge in [-0.3, -0.25) is 0 Å². The smallest absolute Gasteiger partial charge is 0.124 e. The van der Waals surface area contributed by atoms with Crippen molar-refractivity contribution in [3.05, 3.63) is 29.3 Å². The summed E-state index contributed by atoms with van der Waals surface area (Å²) < 4.78 is 6.01. The van der Waals surface area contributed by atoms with Crippen LogP contribution < -0.4 is 10.5 Å². The topological polar surface area (TPSA) is 35.2 Å². The number of nitrogens with two attached hydrogens (primary N) is 1. The first kappa shape index (κ1) is 12.8. The molecule has 0 bridgehead atoms. The van der Waals surface area contributed by atoms with Crippen molar-refractivity contribution in [2.75, 3.05) is 12.0 Å². The molecule has 1 aliphatic rings. The lowest BCUT2D eigenvalue weighted by atomic mass is 9.94. The van der Waals surface area contributed by atoms with Crippen molar-refractivity contribution < 1.29 is 4.74 Å². The maximum Gasteiger partial charge on any atom is 0.124 e. The molecule has 0 radical (unpaired) electrons. The van der Waals surface area contributed by atoms with Gasteiger partial charge in [-0.05, 0) is 37.8 Å². The average molecular weight is 251 g/mol. The summed E-state index contributed by atoms with van der Waals surface area (Å²) in [5.41, 5.74) is 8.65. The van der Waals surface area contributed by atoms with E-state index in [1.165, 1.54) is 23.3 Å². The van der Waals surface area contributed by atoms with E-state index < -0.39 is 0 Å². The van der Waals surface area contributed by atoms with Gasteiger partial charge < -0.3 is 10.5 Å².